The second kappa shape index (κ2) is 8.19. The van der Waals surface area contributed by atoms with Gasteiger partial charge in [-0.3, -0.25) is 0 Å². The summed E-state index contributed by atoms with van der Waals surface area (Å²) in [7, 11) is 0. The molecule has 0 radical (unpaired) electrons. The van der Waals surface area contributed by atoms with Crippen LogP contribution in [0, 0.1) is 0 Å². The summed E-state index contributed by atoms with van der Waals surface area (Å²) in [5.41, 5.74) is 6.76. The average Bonchev–Trinajstić information content (AvgIpc) is 3.49. The molecule has 0 saturated heterocycles. The van der Waals surface area contributed by atoms with Crippen LogP contribution in [0.25, 0.3) is 49.9 Å². The standard InChI is InChI=1S/C31H21N3S/c1-2-8-21(9-3-1)31-32-27-19-18-24(20-28(27)33-31)35-23-16-14-22(15-17-23)34-29-12-6-4-10-25(29)26-11-5-7-13-30(26)34/h1-20H,(H,32,33). The number of para-hydroxylation sites is 2. The highest BCUT2D eigenvalue weighted by atomic mass is 32.2. The third kappa shape index (κ3) is 3.50. The molecule has 7 aromatic rings. The smallest absolute Gasteiger partial charge is 0.138 e. The van der Waals surface area contributed by atoms with Gasteiger partial charge in [-0.2, -0.15) is 0 Å². The highest BCUT2D eigenvalue weighted by Gasteiger charge is 2.11. The van der Waals surface area contributed by atoms with Crippen molar-refractivity contribution in [3.8, 4) is 17.1 Å². The van der Waals surface area contributed by atoms with Crippen molar-refractivity contribution in [2.75, 3.05) is 0 Å². The van der Waals surface area contributed by atoms with Crippen molar-refractivity contribution in [1.82, 2.24) is 14.5 Å². The number of hydrogen-bond acceptors (Lipinski definition) is 2. The van der Waals surface area contributed by atoms with Gasteiger partial charge in [0.1, 0.15) is 5.82 Å². The van der Waals surface area contributed by atoms with Gasteiger partial charge in [0, 0.05) is 31.8 Å². The molecule has 0 atom stereocenters. The first kappa shape index (κ1) is 20.1. The molecule has 7 rings (SSSR count). The van der Waals surface area contributed by atoms with E-state index < -0.39 is 0 Å². The minimum Gasteiger partial charge on any atom is -0.338 e. The Hall–Kier alpha value is -4.28. The zero-order chi connectivity index (χ0) is 23.2. The molecule has 166 valence electrons. The third-order valence-electron chi connectivity index (χ3n) is 6.41. The van der Waals surface area contributed by atoms with Crippen molar-refractivity contribution in [1.29, 1.82) is 0 Å². The van der Waals surface area contributed by atoms with Crippen molar-refractivity contribution < 1.29 is 0 Å². The number of aromatic nitrogens is 3. The van der Waals surface area contributed by atoms with E-state index in [0.29, 0.717) is 0 Å². The number of imidazole rings is 1. The fourth-order valence-corrected chi connectivity index (χ4v) is 5.64. The van der Waals surface area contributed by atoms with Crippen LogP contribution in [0.15, 0.2) is 131 Å². The Morgan fingerprint density at radius 1 is 0.600 bits per heavy atom. The van der Waals surface area contributed by atoms with Crippen molar-refractivity contribution in [2.24, 2.45) is 0 Å². The molecule has 0 amide bonds. The summed E-state index contributed by atoms with van der Waals surface area (Å²) in [5, 5.41) is 2.56. The van der Waals surface area contributed by atoms with Gasteiger partial charge < -0.3 is 9.55 Å². The molecule has 2 heterocycles. The summed E-state index contributed by atoms with van der Waals surface area (Å²) >= 11 is 1.76. The van der Waals surface area contributed by atoms with Gasteiger partial charge >= 0.3 is 0 Å². The second-order valence-corrected chi connectivity index (χ2v) is 9.74. The molecular formula is C31H21N3S. The summed E-state index contributed by atoms with van der Waals surface area (Å²) in [6, 6.07) is 42.7. The molecule has 0 unspecified atom stereocenters. The molecule has 4 heteroatoms. The Labute approximate surface area is 207 Å². The summed E-state index contributed by atoms with van der Waals surface area (Å²) in [6.07, 6.45) is 0. The van der Waals surface area contributed by atoms with E-state index in [1.54, 1.807) is 11.8 Å². The third-order valence-corrected chi connectivity index (χ3v) is 7.41. The minimum absolute atomic E-state index is 0.901. The first-order valence-electron chi connectivity index (χ1n) is 11.7. The number of nitrogens with zero attached hydrogens (tertiary/aromatic N) is 2. The van der Waals surface area contributed by atoms with E-state index in [1.165, 1.54) is 37.3 Å². The van der Waals surface area contributed by atoms with Gasteiger partial charge in [-0.15, -0.1) is 0 Å². The van der Waals surface area contributed by atoms with E-state index in [9.17, 15) is 0 Å². The van der Waals surface area contributed by atoms with Crippen LogP contribution in [0.5, 0.6) is 0 Å². The molecular weight excluding hydrogens is 446 g/mol. The maximum absolute atomic E-state index is 4.75. The highest BCUT2D eigenvalue weighted by molar-refractivity contribution is 7.99. The van der Waals surface area contributed by atoms with Crippen molar-refractivity contribution in [2.45, 2.75) is 9.79 Å². The van der Waals surface area contributed by atoms with E-state index in [-0.39, 0.29) is 0 Å². The van der Waals surface area contributed by atoms with Crippen LogP contribution >= 0.6 is 11.8 Å². The summed E-state index contributed by atoms with van der Waals surface area (Å²) in [5.74, 6) is 0.901. The van der Waals surface area contributed by atoms with Gasteiger partial charge in [0.15, 0.2) is 0 Å². The minimum atomic E-state index is 0.901. The first-order valence-corrected chi connectivity index (χ1v) is 12.5. The zero-order valence-electron chi connectivity index (χ0n) is 18.8. The maximum Gasteiger partial charge on any atom is 0.138 e. The van der Waals surface area contributed by atoms with Crippen LogP contribution in [0.4, 0.5) is 0 Å². The topological polar surface area (TPSA) is 33.6 Å². The Kier molecular flexibility index (Phi) is 4.71. The molecule has 35 heavy (non-hydrogen) atoms. The molecule has 0 aliphatic carbocycles. The van der Waals surface area contributed by atoms with Crippen LogP contribution in [0.1, 0.15) is 0 Å². The van der Waals surface area contributed by atoms with E-state index in [2.05, 4.69) is 113 Å². The Morgan fingerprint density at radius 2 is 1.23 bits per heavy atom. The largest absolute Gasteiger partial charge is 0.338 e. The van der Waals surface area contributed by atoms with Gasteiger partial charge in [-0.1, -0.05) is 78.5 Å². The second-order valence-electron chi connectivity index (χ2n) is 8.60. The molecule has 2 aromatic heterocycles. The summed E-state index contributed by atoms with van der Waals surface area (Å²) in [4.78, 5) is 10.6. The van der Waals surface area contributed by atoms with Crippen molar-refractivity contribution in [3.63, 3.8) is 0 Å². The lowest BCUT2D eigenvalue weighted by Crippen LogP contribution is -1.93. The number of nitrogens with one attached hydrogen (secondary N) is 1. The molecule has 5 aromatic carbocycles. The lowest BCUT2D eigenvalue weighted by atomic mass is 10.2. The lowest BCUT2D eigenvalue weighted by Gasteiger charge is -2.09. The number of H-pyrrole nitrogens is 1. The molecule has 0 aliphatic heterocycles. The molecule has 0 spiro atoms. The van der Waals surface area contributed by atoms with Gasteiger partial charge in [-0.25, -0.2) is 4.98 Å². The van der Waals surface area contributed by atoms with E-state index in [1.807, 2.05) is 18.2 Å². The van der Waals surface area contributed by atoms with Crippen LogP contribution in [0.2, 0.25) is 0 Å². The number of rotatable bonds is 4. The Morgan fingerprint density at radius 3 is 1.94 bits per heavy atom. The number of benzene rings is 5. The lowest BCUT2D eigenvalue weighted by molar-refractivity contribution is 1.17. The maximum atomic E-state index is 4.75. The first-order chi connectivity index (χ1) is 17.3. The van der Waals surface area contributed by atoms with Gasteiger partial charge in [-0.05, 0) is 54.6 Å². The van der Waals surface area contributed by atoms with Gasteiger partial charge in [0.2, 0.25) is 0 Å². The fourth-order valence-electron chi connectivity index (χ4n) is 4.79. The normalized spacial score (nSPS) is 11.5. The molecule has 0 bridgehead atoms. The molecule has 0 fully saturated rings. The SMILES string of the molecule is c1ccc(-c2nc3ccc(Sc4ccc(-n5c6ccccc6c6ccccc65)cc4)cc3[nH]2)cc1. The van der Waals surface area contributed by atoms with Crippen LogP contribution in [-0.4, -0.2) is 14.5 Å². The van der Waals surface area contributed by atoms with Gasteiger partial charge in [0.05, 0.1) is 22.1 Å². The Balaban J connectivity index is 1.21. The number of hydrogen-bond donors (Lipinski definition) is 1. The number of fused-ring (bicyclic) bond motifs is 4. The molecule has 0 aliphatic rings. The zero-order valence-corrected chi connectivity index (χ0v) is 19.7. The van der Waals surface area contributed by atoms with E-state index >= 15 is 0 Å². The summed E-state index contributed by atoms with van der Waals surface area (Å²) in [6.45, 7) is 0. The molecule has 3 nitrogen and oxygen atoms in total. The number of aromatic amines is 1. The highest BCUT2D eigenvalue weighted by Crippen LogP contribution is 2.34. The van der Waals surface area contributed by atoms with Crippen molar-refractivity contribution in [3.05, 3.63) is 121 Å². The predicted octanol–water partition coefficient (Wildman–Crippen LogP) is 8.48. The van der Waals surface area contributed by atoms with Gasteiger partial charge in [0.25, 0.3) is 0 Å². The molecule has 0 saturated carbocycles. The van der Waals surface area contributed by atoms with E-state index in [0.717, 1.165) is 22.4 Å². The summed E-state index contributed by atoms with van der Waals surface area (Å²) < 4.78 is 2.35. The quantitative estimate of drug-likeness (QED) is 0.282. The van der Waals surface area contributed by atoms with Crippen LogP contribution in [0.3, 0.4) is 0 Å². The molecule has 1 N–H and O–H groups in total. The average molecular weight is 468 g/mol. The predicted molar refractivity (Wildman–Crippen MR) is 146 cm³/mol. The van der Waals surface area contributed by atoms with Crippen LogP contribution < -0.4 is 0 Å². The Bertz CT molecular complexity index is 1760. The fraction of sp³-hybridized carbons (Fsp3) is 0. The van der Waals surface area contributed by atoms with Crippen molar-refractivity contribution >= 4 is 44.6 Å². The van der Waals surface area contributed by atoms with E-state index in [4.69, 9.17) is 4.98 Å². The van der Waals surface area contributed by atoms with Crippen LogP contribution in [-0.2, 0) is 0 Å². The monoisotopic (exact) mass is 467 g/mol.